The number of rotatable bonds is 10. The van der Waals surface area contributed by atoms with Crippen LogP contribution in [0.25, 0.3) is 0 Å². The highest BCUT2D eigenvalue weighted by molar-refractivity contribution is 5.77. The fraction of sp³-hybridized carbons (Fsp3) is 0.692. The van der Waals surface area contributed by atoms with Crippen LogP contribution < -0.4 is 0 Å². The summed E-state index contributed by atoms with van der Waals surface area (Å²) in [5, 5.41) is 16.8. The van der Waals surface area contributed by atoms with Crippen molar-refractivity contribution in [3.8, 4) is 0 Å². The van der Waals surface area contributed by atoms with Crippen LogP contribution in [0.1, 0.15) is 39.5 Å². The highest BCUT2D eigenvalue weighted by Gasteiger charge is 2.23. The summed E-state index contributed by atoms with van der Waals surface area (Å²) in [5.74, 6) is -3.44. The summed E-state index contributed by atoms with van der Waals surface area (Å²) in [6.45, 7) is 3.33. The summed E-state index contributed by atoms with van der Waals surface area (Å²) in [4.78, 5) is 43.1. The SMILES string of the molecule is CC(C)(COC(=O)CCC(=O)O)COC(=O)CCC(=O)O. The molecule has 0 unspecified atom stereocenters. The van der Waals surface area contributed by atoms with Gasteiger partial charge in [-0.3, -0.25) is 19.2 Å². The molecule has 0 aromatic heterocycles. The van der Waals surface area contributed by atoms with E-state index in [9.17, 15) is 19.2 Å². The van der Waals surface area contributed by atoms with Crippen molar-refractivity contribution in [2.24, 2.45) is 5.41 Å². The summed E-state index contributed by atoms with van der Waals surface area (Å²) in [6, 6.07) is 0. The number of carboxylic acids is 2. The van der Waals surface area contributed by atoms with Crippen molar-refractivity contribution < 1.29 is 38.9 Å². The standard InChI is InChI=1S/C13H20O8/c1-13(2,7-20-11(18)5-3-9(14)15)8-21-12(19)6-4-10(16)17/h3-8H2,1-2H3,(H,14,15)(H,16,17). The van der Waals surface area contributed by atoms with Crippen LogP contribution in [0.5, 0.6) is 0 Å². The Balaban J connectivity index is 3.97. The molecule has 0 saturated heterocycles. The fourth-order valence-electron chi connectivity index (χ4n) is 1.16. The highest BCUT2D eigenvalue weighted by atomic mass is 16.5. The van der Waals surface area contributed by atoms with E-state index in [1.807, 2.05) is 0 Å². The zero-order chi connectivity index (χ0) is 16.5. The van der Waals surface area contributed by atoms with Gasteiger partial charge in [-0.2, -0.15) is 0 Å². The van der Waals surface area contributed by atoms with Gasteiger partial charge >= 0.3 is 23.9 Å². The first-order valence-corrected chi connectivity index (χ1v) is 6.37. The Morgan fingerprint density at radius 3 is 1.38 bits per heavy atom. The Morgan fingerprint density at radius 1 is 0.762 bits per heavy atom. The molecule has 0 aliphatic heterocycles. The minimum absolute atomic E-state index is 0.0301. The van der Waals surface area contributed by atoms with E-state index in [-0.39, 0.29) is 38.9 Å². The first-order valence-electron chi connectivity index (χ1n) is 6.37. The zero-order valence-corrected chi connectivity index (χ0v) is 12.1. The lowest BCUT2D eigenvalue weighted by Gasteiger charge is -2.23. The van der Waals surface area contributed by atoms with Crippen molar-refractivity contribution in [1.29, 1.82) is 0 Å². The molecule has 0 amide bonds. The van der Waals surface area contributed by atoms with Gasteiger partial charge in [-0.25, -0.2) is 0 Å². The van der Waals surface area contributed by atoms with Crippen LogP contribution in [-0.4, -0.2) is 47.3 Å². The Morgan fingerprint density at radius 2 is 1.10 bits per heavy atom. The van der Waals surface area contributed by atoms with Gasteiger partial charge in [-0.15, -0.1) is 0 Å². The van der Waals surface area contributed by atoms with Gasteiger partial charge in [0.25, 0.3) is 0 Å². The van der Waals surface area contributed by atoms with Gasteiger partial charge < -0.3 is 19.7 Å². The summed E-state index contributed by atoms with van der Waals surface area (Å²) < 4.78 is 9.80. The number of ether oxygens (including phenoxy) is 2. The van der Waals surface area contributed by atoms with Crippen molar-refractivity contribution in [2.45, 2.75) is 39.5 Å². The van der Waals surface area contributed by atoms with Crippen LogP contribution in [0.3, 0.4) is 0 Å². The molecule has 8 heteroatoms. The second kappa shape index (κ2) is 8.93. The number of hydrogen-bond donors (Lipinski definition) is 2. The predicted octanol–water partition coefficient (Wildman–Crippen LogP) is 0.829. The van der Waals surface area contributed by atoms with Gasteiger partial charge in [0.05, 0.1) is 38.9 Å². The second-order valence-electron chi connectivity index (χ2n) is 5.27. The molecule has 0 aromatic rings. The quantitative estimate of drug-likeness (QED) is 0.568. The van der Waals surface area contributed by atoms with Crippen molar-refractivity contribution in [3.63, 3.8) is 0 Å². The minimum Gasteiger partial charge on any atom is -0.481 e. The third-order valence-electron chi connectivity index (χ3n) is 2.33. The van der Waals surface area contributed by atoms with Crippen molar-refractivity contribution in [2.75, 3.05) is 13.2 Å². The van der Waals surface area contributed by atoms with E-state index < -0.39 is 29.3 Å². The van der Waals surface area contributed by atoms with Gasteiger partial charge in [-0.05, 0) is 0 Å². The molecule has 8 nitrogen and oxygen atoms in total. The van der Waals surface area contributed by atoms with Crippen LogP contribution in [0.4, 0.5) is 0 Å². The lowest BCUT2D eigenvalue weighted by atomic mass is 9.96. The molecule has 0 aliphatic carbocycles. The Hall–Kier alpha value is -2.12. The molecule has 0 aromatic carbocycles. The molecule has 2 N–H and O–H groups in total. The van der Waals surface area contributed by atoms with Crippen molar-refractivity contribution in [1.82, 2.24) is 0 Å². The number of esters is 2. The van der Waals surface area contributed by atoms with E-state index in [4.69, 9.17) is 19.7 Å². The predicted molar refractivity (Wildman–Crippen MR) is 69.4 cm³/mol. The van der Waals surface area contributed by atoms with Gasteiger partial charge in [0.15, 0.2) is 0 Å². The number of carbonyl (C=O) groups excluding carboxylic acids is 2. The summed E-state index contributed by atoms with van der Waals surface area (Å²) >= 11 is 0. The third kappa shape index (κ3) is 11.4. The van der Waals surface area contributed by atoms with E-state index in [0.717, 1.165) is 0 Å². The van der Waals surface area contributed by atoms with Crippen molar-refractivity contribution in [3.05, 3.63) is 0 Å². The van der Waals surface area contributed by atoms with Crippen LogP contribution >= 0.6 is 0 Å². The Labute approximate surface area is 122 Å². The maximum Gasteiger partial charge on any atom is 0.306 e. The monoisotopic (exact) mass is 304 g/mol. The van der Waals surface area contributed by atoms with E-state index >= 15 is 0 Å². The Kier molecular flexibility index (Phi) is 8.03. The smallest absolute Gasteiger partial charge is 0.306 e. The van der Waals surface area contributed by atoms with Crippen LogP contribution in [-0.2, 0) is 28.7 Å². The molecule has 0 bridgehead atoms. The molecule has 0 spiro atoms. The molecule has 0 saturated carbocycles. The van der Waals surface area contributed by atoms with Gasteiger partial charge in [0, 0.05) is 5.41 Å². The molecule has 0 heterocycles. The van der Waals surface area contributed by atoms with Gasteiger partial charge in [-0.1, -0.05) is 13.8 Å². The topological polar surface area (TPSA) is 127 Å². The average molecular weight is 304 g/mol. The molecular formula is C13H20O8. The van der Waals surface area contributed by atoms with E-state index in [1.165, 1.54) is 0 Å². The maximum absolute atomic E-state index is 11.3. The lowest BCUT2D eigenvalue weighted by molar-refractivity contribution is -0.155. The summed E-state index contributed by atoms with van der Waals surface area (Å²) in [5.41, 5.74) is -0.641. The van der Waals surface area contributed by atoms with Gasteiger partial charge in [0.2, 0.25) is 0 Å². The molecule has 0 rings (SSSR count). The summed E-state index contributed by atoms with van der Waals surface area (Å²) in [7, 11) is 0. The van der Waals surface area contributed by atoms with E-state index in [2.05, 4.69) is 0 Å². The second-order valence-corrected chi connectivity index (χ2v) is 5.27. The zero-order valence-electron chi connectivity index (χ0n) is 12.1. The van der Waals surface area contributed by atoms with Gasteiger partial charge in [0.1, 0.15) is 0 Å². The number of aliphatic carboxylic acids is 2. The molecule has 0 atom stereocenters. The third-order valence-corrected chi connectivity index (χ3v) is 2.33. The molecule has 120 valence electrons. The van der Waals surface area contributed by atoms with Crippen molar-refractivity contribution >= 4 is 23.9 Å². The van der Waals surface area contributed by atoms with Crippen LogP contribution in [0.2, 0.25) is 0 Å². The lowest BCUT2D eigenvalue weighted by Crippen LogP contribution is -2.28. The molecular weight excluding hydrogens is 284 g/mol. The first-order chi connectivity index (χ1) is 9.62. The normalized spacial score (nSPS) is 10.8. The average Bonchev–Trinajstić information content (AvgIpc) is 2.38. The van der Waals surface area contributed by atoms with Crippen LogP contribution in [0, 0.1) is 5.41 Å². The van der Waals surface area contributed by atoms with E-state index in [0.29, 0.717) is 0 Å². The highest BCUT2D eigenvalue weighted by Crippen LogP contribution is 2.17. The first kappa shape index (κ1) is 18.9. The van der Waals surface area contributed by atoms with Crippen LogP contribution in [0.15, 0.2) is 0 Å². The molecule has 0 aliphatic rings. The molecule has 21 heavy (non-hydrogen) atoms. The largest absolute Gasteiger partial charge is 0.481 e. The molecule has 0 radical (unpaired) electrons. The number of carboxylic acid groups (broad SMARTS) is 2. The fourth-order valence-corrected chi connectivity index (χ4v) is 1.16. The summed E-state index contributed by atoms with van der Waals surface area (Å²) in [6.07, 6.45) is -1.04. The molecule has 0 fully saturated rings. The number of hydrogen-bond acceptors (Lipinski definition) is 6. The number of carbonyl (C=O) groups is 4. The van der Waals surface area contributed by atoms with E-state index in [1.54, 1.807) is 13.8 Å². The minimum atomic E-state index is -1.08. The maximum atomic E-state index is 11.3. The Bertz CT molecular complexity index is 363.